The maximum atomic E-state index is 13.1. The molecule has 2 aliphatic carbocycles. The number of carboxylic acid groups (broad SMARTS) is 1. The zero-order valence-corrected chi connectivity index (χ0v) is 11.2. The Kier molecular flexibility index (Phi) is 2.95. The third-order valence-electron chi connectivity index (χ3n) is 4.33. The molecule has 0 aliphatic heterocycles. The number of rotatable bonds is 3. The molecule has 2 saturated carbocycles. The lowest BCUT2D eigenvalue weighted by Crippen LogP contribution is -2.34. The third kappa shape index (κ3) is 2.14. The molecule has 0 spiro atoms. The molecule has 0 unspecified atom stereocenters. The van der Waals surface area contributed by atoms with E-state index in [4.69, 9.17) is 5.11 Å². The fourth-order valence-corrected chi connectivity index (χ4v) is 3.07. The molecule has 1 aromatic heterocycles. The summed E-state index contributed by atoms with van der Waals surface area (Å²) in [5, 5.41) is 15.6. The van der Waals surface area contributed by atoms with Crippen molar-refractivity contribution < 1.29 is 18.7 Å². The number of nitrogens with zero attached hydrogens (tertiary/aromatic N) is 2. The van der Waals surface area contributed by atoms with E-state index in [1.54, 1.807) is 7.05 Å². The lowest BCUT2D eigenvalue weighted by atomic mass is 9.73. The topological polar surface area (TPSA) is 67.2 Å². The first kappa shape index (κ1) is 13.3. The van der Waals surface area contributed by atoms with Crippen molar-refractivity contribution in [3.63, 3.8) is 0 Å². The molecule has 110 valence electrons. The van der Waals surface area contributed by atoms with Crippen molar-refractivity contribution in [2.45, 2.75) is 49.9 Å². The van der Waals surface area contributed by atoms with Crippen LogP contribution in [0.2, 0.25) is 0 Å². The van der Waals surface area contributed by atoms with Gasteiger partial charge in [-0.3, -0.25) is 10.00 Å². The summed E-state index contributed by atoms with van der Waals surface area (Å²) in [6, 6.07) is 0. The van der Waals surface area contributed by atoms with Crippen LogP contribution in [-0.4, -0.2) is 26.9 Å². The van der Waals surface area contributed by atoms with Gasteiger partial charge in [0.15, 0.2) is 0 Å². The van der Waals surface area contributed by atoms with Gasteiger partial charge in [-0.25, -0.2) is 13.6 Å². The Bertz CT molecular complexity index is 544. The molecule has 1 amide bonds. The highest BCUT2D eigenvalue weighted by Crippen LogP contribution is 2.52. The normalized spacial score (nSPS) is 22.1. The number of hydrogen-bond acceptors (Lipinski definition) is 2. The SMILES string of the molecule is Cn1nc(C2CC(F)(F)C2)c(C2CCC2)c1NC(=O)O. The van der Waals surface area contributed by atoms with E-state index in [9.17, 15) is 13.6 Å². The van der Waals surface area contributed by atoms with Gasteiger partial charge >= 0.3 is 6.09 Å². The van der Waals surface area contributed by atoms with Crippen LogP contribution in [0.3, 0.4) is 0 Å². The number of halogens is 2. The van der Waals surface area contributed by atoms with E-state index in [2.05, 4.69) is 10.4 Å². The Morgan fingerprint density at radius 3 is 2.50 bits per heavy atom. The van der Waals surface area contributed by atoms with Gasteiger partial charge in [0.2, 0.25) is 5.92 Å². The lowest BCUT2D eigenvalue weighted by molar-refractivity contribution is -0.0879. The molecule has 2 N–H and O–H groups in total. The lowest BCUT2D eigenvalue weighted by Gasteiger charge is -2.36. The average molecular weight is 285 g/mol. The molecular formula is C13H17F2N3O2. The summed E-state index contributed by atoms with van der Waals surface area (Å²) in [7, 11) is 1.65. The van der Waals surface area contributed by atoms with E-state index >= 15 is 0 Å². The molecule has 2 fully saturated rings. The fraction of sp³-hybridized carbons (Fsp3) is 0.692. The third-order valence-corrected chi connectivity index (χ3v) is 4.33. The minimum atomic E-state index is -2.60. The van der Waals surface area contributed by atoms with Crippen LogP contribution < -0.4 is 5.32 Å². The highest BCUT2D eigenvalue weighted by Gasteiger charge is 2.48. The van der Waals surface area contributed by atoms with Crippen LogP contribution in [0.25, 0.3) is 0 Å². The number of hydrogen-bond donors (Lipinski definition) is 2. The van der Waals surface area contributed by atoms with Gasteiger partial charge in [0.25, 0.3) is 0 Å². The van der Waals surface area contributed by atoms with Crippen molar-refractivity contribution >= 4 is 11.9 Å². The number of nitrogens with one attached hydrogen (secondary N) is 1. The largest absolute Gasteiger partial charge is 0.465 e. The molecule has 20 heavy (non-hydrogen) atoms. The maximum Gasteiger partial charge on any atom is 0.410 e. The first-order valence-corrected chi connectivity index (χ1v) is 6.82. The van der Waals surface area contributed by atoms with Crippen LogP contribution in [0.5, 0.6) is 0 Å². The van der Waals surface area contributed by atoms with Crippen LogP contribution >= 0.6 is 0 Å². The van der Waals surface area contributed by atoms with Crippen LogP contribution in [0.1, 0.15) is 55.2 Å². The standard InChI is InChI=1S/C13H17F2N3O2/c1-18-11(16-12(19)20)9(7-3-2-4-7)10(17-18)8-5-13(14,15)6-8/h7-8,16H,2-6H2,1H3,(H,19,20). The Morgan fingerprint density at radius 1 is 1.40 bits per heavy atom. The van der Waals surface area contributed by atoms with Gasteiger partial charge in [0.1, 0.15) is 5.82 Å². The molecule has 1 aromatic rings. The number of anilines is 1. The van der Waals surface area contributed by atoms with E-state index in [0.717, 1.165) is 24.8 Å². The van der Waals surface area contributed by atoms with Crippen LogP contribution in [0.4, 0.5) is 19.4 Å². The Hall–Kier alpha value is -1.66. The molecule has 1 heterocycles. The number of amides is 1. The van der Waals surface area contributed by atoms with Crippen molar-refractivity contribution in [3.8, 4) is 0 Å². The van der Waals surface area contributed by atoms with Crippen molar-refractivity contribution in [1.29, 1.82) is 0 Å². The van der Waals surface area contributed by atoms with Crippen molar-refractivity contribution in [2.24, 2.45) is 7.05 Å². The van der Waals surface area contributed by atoms with Crippen LogP contribution in [0.15, 0.2) is 0 Å². The zero-order valence-electron chi connectivity index (χ0n) is 11.2. The van der Waals surface area contributed by atoms with Crippen molar-refractivity contribution in [3.05, 3.63) is 11.3 Å². The van der Waals surface area contributed by atoms with Crippen molar-refractivity contribution in [1.82, 2.24) is 9.78 Å². The first-order chi connectivity index (χ1) is 9.37. The monoisotopic (exact) mass is 285 g/mol. The number of carbonyl (C=O) groups is 1. The number of aromatic nitrogens is 2. The van der Waals surface area contributed by atoms with Gasteiger partial charge < -0.3 is 5.11 Å². The summed E-state index contributed by atoms with van der Waals surface area (Å²) in [4.78, 5) is 10.9. The minimum absolute atomic E-state index is 0.184. The van der Waals surface area contributed by atoms with Gasteiger partial charge in [0, 0.05) is 31.4 Å². The van der Waals surface area contributed by atoms with Gasteiger partial charge in [-0.2, -0.15) is 5.10 Å². The van der Waals surface area contributed by atoms with E-state index in [1.807, 2.05) is 0 Å². The van der Waals surface area contributed by atoms with Gasteiger partial charge in [-0.05, 0) is 18.8 Å². The predicted molar refractivity (Wildman–Crippen MR) is 68.4 cm³/mol. The van der Waals surface area contributed by atoms with Gasteiger partial charge in [-0.15, -0.1) is 0 Å². The Labute approximate surface area is 115 Å². The van der Waals surface area contributed by atoms with E-state index in [1.165, 1.54) is 4.68 Å². The second-order valence-corrected chi connectivity index (χ2v) is 5.79. The van der Waals surface area contributed by atoms with Gasteiger partial charge in [0.05, 0.1) is 5.69 Å². The summed E-state index contributed by atoms with van der Waals surface area (Å²) in [6.45, 7) is 0. The molecule has 0 atom stereocenters. The molecule has 7 heteroatoms. The molecule has 3 rings (SSSR count). The quantitative estimate of drug-likeness (QED) is 0.895. The predicted octanol–water partition coefficient (Wildman–Crippen LogP) is 3.29. The molecule has 5 nitrogen and oxygen atoms in total. The van der Waals surface area contributed by atoms with E-state index in [-0.39, 0.29) is 24.7 Å². The van der Waals surface area contributed by atoms with Crippen molar-refractivity contribution in [2.75, 3.05) is 5.32 Å². The highest BCUT2D eigenvalue weighted by atomic mass is 19.3. The molecular weight excluding hydrogens is 268 g/mol. The molecule has 2 aliphatic rings. The number of aryl methyl sites for hydroxylation is 1. The second-order valence-electron chi connectivity index (χ2n) is 5.79. The first-order valence-electron chi connectivity index (χ1n) is 6.82. The van der Waals surface area contributed by atoms with E-state index < -0.39 is 12.0 Å². The summed E-state index contributed by atoms with van der Waals surface area (Å²) in [5.74, 6) is -2.17. The molecule has 0 aromatic carbocycles. The Morgan fingerprint density at radius 2 is 2.05 bits per heavy atom. The Balaban J connectivity index is 1.94. The molecule has 0 radical (unpaired) electrons. The van der Waals surface area contributed by atoms with Gasteiger partial charge in [-0.1, -0.05) is 6.42 Å². The van der Waals surface area contributed by atoms with Crippen LogP contribution in [-0.2, 0) is 7.05 Å². The summed E-state index contributed by atoms with van der Waals surface area (Å²) in [5.41, 5.74) is 1.49. The molecule has 0 bridgehead atoms. The van der Waals surface area contributed by atoms with E-state index in [0.29, 0.717) is 11.5 Å². The average Bonchev–Trinajstić information content (AvgIpc) is 2.51. The minimum Gasteiger partial charge on any atom is -0.465 e. The van der Waals surface area contributed by atoms with Crippen LogP contribution in [0, 0.1) is 0 Å². The summed E-state index contributed by atoms with van der Waals surface area (Å²) in [6.07, 6.45) is 1.50. The smallest absolute Gasteiger partial charge is 0.410 e. The molecule has 0 saturated heterocycles. The summed E-state index contributed by atoms with van der Waals surface area (Å²) >= 11 is 0. The zero-order chi connectivity index (χ0) is 14.5. The second kappa shape index (κ2) is 4.43. The summed E-state index contributed by atoms with van der Waals surface area (Å²) < 4.78 is 27.6. The fourth-order valence-electron chi connectivity index (χ4n) is 3.07. The highest BCUT2D eigenvalue weighted by molar-refractivity contribution is 5.83. The maximum absolute atomic E-state index is 13.1. The number of alkyl halides is 2.